The van der Waals surface area contributed by atoms with E-state index in [1.54, 1.807) is 20.2 Å². The lowest BCUT2D eigenvalue weighted by Crippen LogP contribution is -2.46. The van der Waals surface area contributed by atoms with E-state index in [-0.39, 0.29) is 11.9 Å². The molecule has 9 heteroatoms. The molecule has 2 aromatic rings. The number of hydrogen-bond acceptors (Lipinski definition) is 8. The summed E-state index contributed by atoms with van der Waals surface area (Å²) in [7, 11) is 1.63. The zero-order chi connectivity index (χ0) is 20.9. The highest BCUT2D eigenvalue weighted by atomic mass is 16.5. The first kappa shape index (κ1) is 20.7. The van der Waals surface area contributed by atoms with Gasteiger partial charge in [-0.3, -0.25) is 9.69 Å². The smallest absolute Gasteiger partial charge is 0.244 e. The van der Waals surface area contributed by atoms with Crippen LogP contribution in [0.3, 0.4) is 0 Å². The zero-order valence-corrected chi connectivity index (χ0v) is 17.6. The molecule has 30 heavy (non-hydrogen) atoms. The van der Waals surface area contributed by atoms with Crippen molar-refractivity contribution in [2.75, 3.05) is 40.0 Å². The van der Waals surface area contributed by atoms with Crippen LogP contribution in [0.25, 0.3) is 11.4 Å². The minimum atomic E-state index is 0.120. The summed E-state index contributed by atoms with van der Waals surface area (Å²) in [6, 6.07) is 4.27. The Kier molecular flexibility index (Phi) is 6.59. The Morgan fingerprint density at radius 3 is 2.83 bits per heavy atom. The second kappa shape index (κ2) is 9.53. The largest absolute Gasteiger partial charge is 0.475 e. The van der Waals surface area contributed by atoms with Gasteiger partial charge in [0.1, 0.15) is 6.61 Å². The molecule has 2 fully saturated rings. The second-order valence-corrected chi connectivity index (χ2v) is 7.79. The molecule has 2 aromatic heterocycles. The van der Waals surface area contributed by atoms with Crippen LogP contribution in [0.4, 0.5) is 0 Å². The standard InChI is InChI=1S/C21H29N5O4/c1-15(27)25-11-7-16(8-12-25)26-10-4-6-18(26)21-23-19(24-30-21)17-5-3-9-22-20(17)29-14-13-28-2/h3,5,9,16,18H,4,6-8,10-14H2,1-2H3. The van der Waals surface area contributed by atoms with Crippen molar-refractivity contribution in [3.8, 4) is 17.3 Å². The van der Waals surface area contributed by atoms with E-state index in [1.165, 1.54) is 0 Å². The molecule has 0 radical (unpaired) electrons. The van der Waals surface area contributed by atoms with Crippen molar-refractivity contribution in [2.45, 2.75) is 44.7 Å². The predicted octanol–water partition coefficient (Wildman–Crippen LogP) is 2.30. The maximum absolute atomic E-state index is 11.6. The van der Waals surface area contributed by atoms with Crippen molar-refractivity contribution in [1.29, 1.82) is 0 Å². The van der Waals surface area contributed by atoms with Crippen LogP contribution in [-0.4, -0.2) is 76.8 Å². The van der Waals surface area contributed by atoms with Gasteiger partial charge in [-0.05, 0) is 44.4 Å². The van der Waals surface area contributed by atoms with Gasteiger partial charge in [-0.2, -0.15) is 4.98 Å². The molecule has 4 rings (SSSR count). The van der Waals surface area contributed by atoms with Gasteiger partial charge in [-0.15, -0.1) is 0 Å². The Morgan fingerprint density at radius 2 is 2.07 bits per heavy atom. The van der Waals surface area contributed by atoms with Crippen LogP contribution in [0.5, 0.6) is 5.88 Å². The molecule has 2 aliphatic rings. The summed E-state index contributed by atoms with van der Waals surface area (Å²) in [4.78, 5) is 25.0. The molecule has 4 heterocycles. The third-order valence-electron chi connectivity index (χ3n) is 5.94. The molecule has 0 spiro atoms. The number of rotatable bonds is 7. The van der Waals surface area contributed by atoms with E-state index in [4.69, 9.17) is 19.0 Å². The van der Waals surface area contributed by atoms with Gasteiger partial charge < -0.3 is 18.9 Å². The SMILES string of the molecule is COCCOc1ncccc1-c1noc(C2CCCN2C2CCN(C(C)=O)CC2)n1. The van der Waals surface area contributed by atoms with Crippen LogP contribution >= 0.6 is 0 Å². The Balaban J connectivity index is 1.47. The average Bonchev–Trinajstić information content (AvgIpc) is 3.44. The number of carbonyl (C=O) groups is 1. The predicted molar refractivity (Wildman–Crippen MR) is 109 cm³/mol. The van der Waals surface area contributed by atoms with Gasteiger partial charge in [0, 0.05) is 39.4 Å². The summed E-state index contributed by atoms with van der Waals surface area (Å²) in [5.41, 5.74) is 0.711. The highest BCUT2D eigenvalue weighted by molar-refractivity contribution is 5.73. The first-order valence-electron chi connectivity index (χ1n) is 10.6. The van der Waals surface area contributed by atoms with Crippen molar-refractivity contribution in [1.82, 2.24) is 24.9 Å². The first-order valence-corrected chi connectivity index (χ1v) is 10.6. The van der Waals surface area contributed by atoms with E-state index < -0.39 is 0 Å². The van der Waals surface area contributed by atoms with Gasteiger partial charge in [-0.25, -0.2) is 4.98 Å². The highest BCUT2D eigenvalue weighted by Gasteiger charge is 2.37. The zero-order valence-electron chi connectivity index (χ0n) is 17.6. The molecular formula is C21H29N5O4. The molecule has 0 saturated carbocycles. The quantitative estimate of drug-likeness (QED) is 0.636. The fourth-order valence-electron chi connectivity index (χ4n) is 4.38. The van der Waals surface area contributed by atoms with E-state index in [2.05, 4.69) is 15.0 Å². The molecule has 0 aromatic carbocycles. The fourth-order valence-corrected chi connectivity index (χ4v) is 4.38. The third kappa shape index (κ3) is 4.46. The molecule has 162 valence electrons. The maximum atomic E-state index is 11.6. The molecule has 0 aliphatic carbocycles. The van der Waals surface area contributed by atoms with E-state index in [1.807, 2.05) is 17.0 Å². The van der Waals surface area contributed by atoms with Gasteiger partial charge in [0.05, 0.1) is 18.2 Å². The van der Waals surface area contributed by atoms with E-state index in [9.17, 15) is 4.79 Å². The van der Waals surface area contributed by atoms with Crippen molar-refractivity contribution < 1.29 is 18.8 Å². The number of ether oxygens (including phenoxy) is 2. The van der Waals surface area contributed by atoms with Crippen LogP contribution in [0.2, 0.25) is 0 Å². The van der Waals surface area contributed by atoms with Crippen molar-refractivity contribution in [3.05, 3.63) is 24.2 Å². The summed E-state index contributed by atoms with van der Waals surface area (Å²) in [5, 5.41) is 4.22. The van der Waals surface area contributed by atoms with E-state index in [0.717, 1.165) is 45.3 Å². The minimum absolute atomic E-state index is 0.120. The summed E-state index contributed by atoms with van der Waals surface area (Å²) in [6.45, 7) is 5.18. The Hall–Kier alpha value is -2.52. The Labute approximate surface area is 176 Å². The average molecular weight is 415 g/mol. The molecule has 2 aliphatic heterocycles. The number of methoxy groups -OCH3 is 1. The Bertz CT molecular complexity index is 849. The molecule has 0 bridgehead atoms. The number of aromatic nitrogens is 3. The minimum Gasteiger partial charge on any atom is -0.475 e. The fraction of sp³-hybridized carbons (Fsp3) is 0.619. The number of carbonyl (C=O) groups excluding carboxylic acids is 1. The maximum Gasteiger partial charge on any atom is 0.244 e. The van der Waals surface area contributed by atoms with E-state index in [0.29, 0.717) is 42.4 Å². The molecule has 9 nitrogen and oxygen atoms in total. The lowest BCUT2D eigenvalue weighted by molar-refractivity contribution is -0.130. The summed E-state index contributed by atoms with van der Waals surface area (Å²) < 4.78 is 16.4. The molecule has 1 amide bonds. The van der Waals surface area contributed by atoms with Crippen molar-refractivity contribution in [3.63, 3.8) is 0 Å². The van der Waals surface area contributed by atoms with Crippen molar-refractivity contribution >= 4 is 5.91 Å². The van der Waals surface area contributed by atoms with E-state index >= 15 is 0 Å². The molecule has 1 atom stereocenters. The normalized spacial score (nSPS) is 20.6. The van der Waals surface area contributed by atoms with Gasteiger partial charge in [0.15, 0.2) is 0 Å². The third-order valence-corrected chi connectivity index (χ3v) is 5.94. The summed E-state index contributed by atoms with van der Waals surface area (Å²) >= 11 is 0. The summed E-state index contributed by atoms with van der Waals surface area (Å²) in [5.74, 6) is 1.77. The number of amides is 1. The van der Waals surface area contributed by atoms with Gasteiger partial charge >= 0.3 is 0 Å². The van der Waals surface area contributed by atoms with Crippen LogP contribution in [0.15, 0.2) is 22.9 Å². The number of hydrogen-bond donors (Lipinski definition) is 0. The number of likely N-dealkylation sites (tertiary alicyclic amines) is 2. The lowest BCUT2D eigenvalue weighted by Gasteiger charge is -2.38. The topological polar surface area (TPSA) is 93.8 Å². The lowest BCUT2D eigenvalue weighted by atomic mass is 10.0. The molecule has 0 N–H and O–H groups in total. The monoisotopic (exact) mass is 415 g/mol. The number of nitrogens with zero attached hydrogens (tertiary/aromatic N) is 5. The highest BCUT2D eigenvalue weighted by Crippen LogP contribution is 2.36. The number of pyridine rings is 1. The van der Waals surface area contributed by atoms with Gasteiger partial charge in [-0.1, -0.05) is 5.16 Å². The number of piperidine rings is 1. The molecule has 2 saturated heterocycles. The summed E-state index contributed by atoms with van der Waals surface area (Å²) in [6.07, 6.45) is 5.75. The van der Waals surface area contributed by atoms with Crippen LogP contribution in [-0.2, 0) is 9.53 Å². The molecule has 1 unspecified atom stereocenters. The van der Waals surface area contributed by atoms with Crippen LogP contribution < -0.4 is 4.74 Å². The van der Waals surface area contributed by atoms with Crippen molar-refractivity contribution in [2.24, 2.45) is 0 Å². The van der Waals surface area contributed by atoms with Gasteiger partial charge in [0.2, 0.25) is 23.5 Å². The molecular weight excluding hydrogens is 386 g/mol. The first-order chi connectivity index (χ1) is 14.7. The van der Waals surface area contributed by atoms with Gasteiger partial charge in [0.25, 0.3) is 0 Å². The van der Waals surface area contributed by atoms with Crippen LogP contribution in [0.1, 0.15) is 44.5 Å². The second-order valence-electron chi connectivity index (χ2n) is 7.79. The Morgan fingerprint density at radius 1 is 1.23 bits per heavy atom. The van der Waals surface area contributed by atoms with Crippen LogP contribution in [0, 0.1) is 0 Å².